The second kappa shape index (κ2) is 5.61. The summed E-state index contributed by atoms with van der Waals surface area (Å²) in [6.45, 7) is 2.44. The van der Waals surface area contributed by atoms with E-state index in [4.69, 9.17) is 17.3 Å². The van der Waals surface area contributed by atoms with Crippen molar-refractivity contribution in [2.45, 2.75) is 13.3 Å². The summed E-state index contributed by atoms with van der Waals surface area (Å²) in [6, 6.07) is 5.29. The van der Waals surface area contributed by atoms with Crippen molar-refractivity contribution in [1.29, 1.82) is 0 Å². The van der Waals surface area contributed by atoms with E-state index in [1.54, 1.807) is 17.5 Å². The van der Waals surface area contributed by atoms with E-state index < -0.39 is 0 Å². The van der Waals surface area contributed by atoms with Crippen LogP contribution in [0, 0.1) is 6.92 Å². The van der Waals surface area contributed by atoms with E-state index in [9.17, 15) is 4.79 Å². The molecular formula is C13H13ClN2OS. The topological polar surface area (TPSA) is 56.0 Å². The van der Waals surface area contributed by atoms with Crippen LogP contribution in [0.3, 0.4) is 0 Å². The molecule has 0 aliphatic carbocycles. The van der Waals surface area contributed by atoms with Gasteiger partial charge in [-0.1, -0.05) is 23.7 Å². The number of hydrogen-bond acceptors (Lipinski definition) is 4. The zero-order valence-corrected chi connectivity index (χ0v) is 11.5. The zero-order chi connectivity index (χ0) is 13.1. The van der Waals surface area contributed by atoms with Crippen molar-refractivity contribution in [3.05, 3.63) is 50.4 Å². The Morgan fingerprint density at radius 2 is 2.28 bits per heavy atom. The van der Waals surface area contributed by atoms with Crippen LogP contribution in [0.5, 0.6) is 0 Å². The summed E-state index contributed by atoms with van der Waals surface area (Å²) in [5.41, 5.74) is 7.44. The predicted octanol–water partition coefficient (Wildman–Crippen LogP) is 2.84. The molecule has 2 aromatic rings. The number of thiazole rings is 1. The average molecular weight is 281 g/mol. The first-order valence-electron chi connectivity index (χ1n) is 5.57. The molecule has 3 nitrogen and oxygen atoms in total. The van der Waals surface area contributed by atoms with Gasteiger partial charge in [0.05, 0.1) is 5.01 Å². The highest BCUT2D eigenvalue weighted by molar-refractivity contribution is 7.09. The summed E-state index contributed by atoms with van der Waals surface area (Å²) in [6.07, 6.45) is 0.701. The number of benzene rings is 1. The largest absolute Gasteiger partial charge is 0.330 e. The van der Waals surface area contributed by atoms with Crippen LogP contribution in [0.4, 0.5) is 0 Å². The molecule has 5 heteroatoms. The van der Waals surface area contributed by atoms with Crippen LogP contribution in [0.1, 0.15) is 26.6 Å². The second-order valence-electron chi connectivity index (χ2n) is 3.96. The van der Waals surface area contributed by atoms with Crippen LogP contribution in [0.15, 0.2) is 23.6 Å². The number of halogens is 1. The normalized spacial score (nSPS) is 10.6. The molecule has 0 saturated heterocycles. The Hall–Kier alpha value is -1.23. The van der Waals surface area contributed by atoms with Gasteiger partial charge in [0.25, 0.3) is 0 Å². The minimum Gasteiger partial charge on any atom is -0.330 e. The van der Waals surface area contributed by atoms with Crippen LogP contribution in [0.25, 0.3) is 0 Å². The van der Waals surface area contributed by atoms with E-state index in [1.165, 1.54) is 11.3 Å². The standard InChI is InChI=1S/C13H13ClN2OS/c1-8-2-3-9(6-10(8)14)13(17)11-7-18-12(16-11)4-5-15/h2-3,6-7H,4-5,15H2,1H3. The molecule has 18 heavy (non-hydrogen) atoms. The van der Waals surface area contributed by atoms with Crippen molar-refractivity contribution in [1.82, 2.24) is 4.98 Å². The number of ketones is 1. The molecule has 0 spiro atoms. The third-order valence-corrected chi connectivity index (χ3v) is 3.89. The lowest BCUT2D eigenvalue weighted by Crippen LogP contribution is -2.05. The molecule has 0 aliphatic heterocycles. The molecule has 0 saturated carbocycles. The van der Waals surface area contributed by atoms with Crippen molar-refractivity contribution >= 4 is 28.7 Å². The Kier molecular flexibility index (Phi) is 4.11. The summed E-state index contributed by atoms with van der Waals surface area (Å²) in [4.78, 5) is 16.5. The molecule has 2 N–H and O–H groups in total. The Morgan fingerprint density at radius 1 is 1.50 bits per heavy atom. The van der Waals surface area contributed by atoms with E-state index in [0.717, 1.165) is 10.6 Å². The smallest absolute Gasteiger partial charge is 0.212 e. The highest BCUT2D eigenvalue weighted by Crippen LogP contribution is 2.20. The molecule has 1 aromatic heterocycles. The summed E-state index contributed by atoms with van der Waals surface area (Å²) in [5, 5.41) is 3.25. The number of carbonyl (C=O) groups is 1. The Bertz CT molecular complexity index is 580. The van der Waals surface area contributed by atoms with Gasteiger partial charge in [-0.15, -0.1) is 11.3 Å². The van der Waals surface area contributed by atoms with Crippen LogP contribution in [0.2, 0.25) is 5.02 Å². The number of aromatic nitrogens is 1. The molecule has 0 unspecified atom stereocenters. The highest BCUT2D eigenvalue weighted by atomic mass is 35.5. The van der Waals surface area contributed by atoms with Crippen molar-refractivity contribution in [3.8, 4) is 0 Å². The molecule has 0 aliphatic rings. The number of hydrogen-bond donors (Lipinski definition) is 1. The molecule has 0 atom stereocenters. The number of carbonyl (C=O) groups excluding carboxylic acids is 1. The minimum absolute atomic E-state index is 0.101. The van der Waals surface area contributed by atoms with Gasteiger partial charge in [0.15, 0.2) is 0 Å². The van der Waals surface area contributed by atoms with E-state index >= 15 is 0 Å². The molecule has 0 bridgehead atoms. The van der Waals surface area contributed by atoms with Gasteiger partial charge >= 0.3 is 0 Å². The van der Waals surface area contributed by atoms with Crippen LogP contribution in [-0.4, -0.2) is 17.3 Å². The summed E-state index contributed by atoms with van der Waals surface area (Å²) in [5.74, 6) is -0.101. The maximum absolute atomic E-state index is 12.2. The fourth-order valence-corrected chi connectivity index (χ4v) is 2.51. The van der Waals surface area contributed by atoms with E-state index in [0.29, 0.717) is 29.2 Å². The predicted molar refractivity (Wildman–Crippen MR) is 74.5 cm³/mol. The number of rotatable bonds is 4. The molecule has 0 amide bonds. The van der Waals surface area contributed by atoms with Crippen molar-refractivity contribution in [2.24, 2.45) is 5.73 Å². The fourth-order valence-electron chi connectivity index (χ4n) is 1.54. The lowest BCUT2D eigenvalue weighted by molar-refractivity contribution is 0.103. The lowest BCUT2D eigenvalue weighted by Gasteiger charge is -2.01. The number of aryl methyl sites for hydroxylation is 1. The van der Waals surface area contributed by atoms with E-state index in [1.807, 2.05) is 13.0 Å². The maximum Gasteiger partial charge on any atom is 0.212 e. The quantitative estimate of drug-likeness (QED) is 0.876. The zero-order valence-electron chi connectivity index (χ0n) is 9.94. The van der Waals surface area contributed by atoms with Gasteiger partial charge in [-0.3, -0.25) is 4.79 Å². The van der Waals surface area contributed by atoms with Crippen molar-refractivity contribution in [3.63, 3.8) is 0 Å². The molecule has 0 fully saturated rings. The molecule has 2 rings (SSSR count). The monoisotopic (exact) mass is 280 g/mol. The lowest BCUT2D eigenvalue weighted by atomic mass is 10.1. The highest BCUT2D eigenvalue weighted by Gasteiger charge is 2.13. The van der Waals surface area contributed by atoms with Crippen molar-refractivity contribution in [2.75, 3.05) is 6.54 Å². The number of nitrogens with zero attached hydrogens (tertiary/aromatic N) is 1. The second-order valence-corrected chi connectivity index (χ2v) is 5.31. The van der Waals surface area contributed by atoms with Gasteiger partial charge in [0.2, 0.25) is 5.78 Å². The fraction of sp³-hybridized carbons (Fsp3) is 0.231. The first kappa shape index (κ1) is 13.2. The van der Waals surface area contributed by atoms with Gasteiger partial charge < -0.3 is 5.73 Å². The third kappa shape index (κ3) is 2.77. The Morgan fingerprint density at radius 3 is 2.94 bits per heavy atom. The molecular weight excluding hydrogens is 268 g/mol. The van der Waals surface area contributed by atoms with Gasteiger partial charge in [0.1, 0.15) is 5.69 Å². The first-order valence-corrected chi connectivity index (χ1v) is 6.83. The summed E-state index contributed by atoms with van der Waals surface area (Å²) >= 11 is 7.47. The van der Waals surface area contributed by atoms with Crippen LogP contribution < -0.4 is 5.73 Å². The molecule has 1 heterocycles. The molecule has 94 valence electrons. The summed E-state index contributed by atoms with van der Waals surface area (Å²) < 4.78 is 0. The van der Waals surface area contributed by atoms with Gasteiger partial charge in [-0.05, 0) is 25.1 Å². The van der Waals surface area contributed by atoms with Gasteiger partial charge in [0, 0.05) is 22.4 Å². The van der Waals surface area contributed by atoms with E-state index in [2.05, 4.69) is 4.98 Å². The Balaban J connectivity index is 2.26. The third-order valence-electron chi connectivity index (χ3n) is 2.58. The van der Waals surface area contributed by atoms with E-state index in [-0.39, 0.29) is 5.78 Å². The molecule has 1 aromatic carbocycles. The van der Waals surface area contributed by atoms with Crippen LogP contribution >= 0.6 is 22.9 Å². The summed E-state index contributed by atoms with van der Waals surface area (Å²) in [7, 11) is 0. The average Bonchev–Trinajstić information content (AvgIpc) is 2.81. The van der Waals surface area contributed by atoms with Gasteiger partial charge in [-0.2, -0.15) is 0 Å². The first-order chi connectivity index (χ1) is 8.61. The molecule has 0 radical (unpaired) electrons. The Labute approximate surface area is 115 Å². The van der Waals surface area contributed by atoms with Crippen LogP contribution in [-0.2, 0) is 6.42 Å². The maximum atomic E-state index is 12.2. The minimum atomic E-state index is -0.101. The number of nitrogens with two attached hydrogens (primary N) is 1. The van der Waals surface area contributed by atoms with Gasteiger partial charge in [-0.25, -0.2) is 4.98 Å². The van der Waals surface area contributed by atoms with Crippen molar-refractivity contribution < 1.29 is 4.79 Å². The SMILES string of the molecule is Cc1ccc(C(=O)c2csc(CCN)n2)cc1Cl.